The first-order valence-electron chi connectivity index (χ1n) is 7.49. The van der Waals surface area contributed by atoms with E-state index in [1.165, 1.54) is 7.11 Å². The minimum atomic E-state index is -0.689. The molecule has 4 heteroatoms. The van der Waals surface area contributed by atoms with Gasteiger partial charge in [0.25, 0.3) is 0 Å². The van der Waals surface area contributed by atoms with Gasteiger partial charge in [-0.2, -0.15) is 0 Å². The summed E-state index contributed by atoms with van der Waals surface area (Å²) in [4.78, 5) is 23.9. The molecule has 23 heavy (non-hydrogen) atoms. The molecule has 0 fully saturated rings. The molecule has 0 radical (unpaired) electrons. The summed E-state index contributed by atoms with van der Waals surface area (Å²) in [5.41, 5.74) is 1.71. The van der Waals surface area contributed by atoms with E-state index < -0.39 is 12.0 Å². The first-order valence-corrected chi connectivity index (χ1v) is 7.49. The molecule has 1 atom stereocenters. The van der Waals surface area contributed by atoms with Gasteiger partial charge in [-0.3, -0.25) is 4.79 Å². The highest BCUT2D eigenvalue weighted by Gasteiger charge is 2.21. The Balaban J connectivity index is 2.06. The van der Waals surface area contributed by atoms with Gasteiger partial charge in [-0.05, 0) is 29.7 Å². The lowest BCUT2D eigenvalue weighted by atomic mass is 10.0. The summed E-state index contributed by atoms with van der Waals surface area (Å²) < 4.78 is 4.73. The van der Waals surface area contributed by atoms with E-state index in [0.717, 1.165) is 21.9 Å². The number of carbonyl (C=O) groups is 2. The van der Waals surface area contributed by atoms with Crippen LogP contribution < -0.4 is 5.32 Å². The van der Waals surface area contributed by atoms with Crippen LogP contribution in [0.25, 0.3) is 10.8 Å². The van der Waals surface area contributed by atoms with Gasteiger partial charge in [-0.25, -0.2) is 4.79 Å². The summed E-state index contributed by atoms with van der Waals surface area (Å²) in [7, 11) is 1.31. The van der Waals surface area contributed by atoms with E-state index in [1.54, 1.807) is 0 Å². The number of hydrogen-bond donors (Lipinski definition) is 1. The molecular formula is C19H21NO3. The third-order valence-electron chi connectivity index (χ3n) is 3.55. The predicted octanol–water partition coefficient (Wildman–Crippen LogP) is 3.01. The van der Waals surface area contributed by atoms with Crippen molar-refractivity contribution in [3.05, 3.63) is 60.2 Å². The van der Waals surface area contributed by atoms with Gasteiger partial charge >= 0.3 is 5.97 Å². The molecule has 120 valence electrons. The van der Waals surface area contributed by atoms with Crippen molar-refractivity contribution in [3.63, 3.8) is 0 Å². The van der Waals surface area contributed by atoms with E-state index in [9.17, 15) is 9.59 Å². The fourth-order valence-corrected chi connectivity index (χ4v) is 2.46. The van der Waals surface area contributed by atoms with Gasteiger partial charge < -0.3 is 10.1 Å². The van der Waals surface area contributed by atoms with Crippen molar-refractivity contribution >= 4 is 22.6 Å². The van der Waals surface area contributed by atoms with Crippen LogP contribution in [0.15, 0.2) is 54.6 Å². The van der Waals surface area contributed by atoms with Crippen molar-refractivity contribution in [1.82, 2.24) is 5.32 Å². The van der Waals surface area contributed by atoms with E-state index in [-0.39, 0.29) is 12.3 Å². The first kappa shape index (κ1) is 16.7. The zero-order valence-electron chi connectivity index (χ0n) is 13.5. The number of carbonyl (C=O) groups excluding carboxylic acids is 2. The highest BCUT2D eigenvalue weighted by molar-refractivity contribution is 5.88. The Hall–Kier alpha value is -2.62. The molecule has 0 unspecified atom stereocenters. The number of rotatable bonds is 6. The van der Waals surface area contributed by atoms with Crippen molar-refractivity contribution in [3.8, 4) is 0 Å². The topological polar surface area (TPSA) is 55.4 Å². The smallest absolute Gasteiger partial charge is 0.328 e. The first-order chi connectivity index (χ1) is 11.0. The predicted molar refractivity (Wildman–Crippen MR) is 91.0 cm³/mol. The van der Waals surface area contributed by atoms with Crippen LogP contribution in [0, 0.1) is 0 Å². The van der Waals surface area contributed by atoms with E-state index in [1.807, 2.05) is 49.4 Å². The zero-order chi connectivity index (χ0) is 16.8. The second-order valence-corrected chi connectivity index (χ2v) is 5.66. The summed E-state index contributed by atoms with van der Waals surface area (Å²) in [6.07, 6.45) is 0.588. The number of esters is 1. The molecule has 0 heterocycles. The zero-order valence-corrected chi connectivity index (χ0v) is 13.5. The Bertz CT molecular complexity index is 736. The Kier molecular flexibility index (Phi) is 5.52. The maximum atomic E-state index is 12.2. The van der Waals surface area contributed by atoms with Gasteiger partial charge in [0.1, 0.15) is 6.04 Å². The Morgan fingerprint density at radius 3 is 2.52 bits per heavy atom. The highest BCUT2D eigenvalue weighted by Crippen LogP contribution is 2.16. The number of benzene rings is 2. The number of ether oxygens (including phenoxy) is 1. The molecule has 0 aliphatic carbocycles. The molecule has 4 nitrogen and oxygen atoms in total. The summed E-state index contributed by atoms with van der Waals surface area (Å²) >= 11 is 0. The number of amides is 1. The molecular weight excluding hydrogens is 290 g/mol. The Morgan fingerprint density at radius 2 is 1.87 bits per heavy atom. The molecule has 2 aromatic carbocycles. The van der Waals surface area contributed by atoms with Gasteiger partial charge in [-0.1, -0.05) is 48.0 Å². The third-order valence-corrected chi connectivity index (χ3v) is 3.55. The summed E-state index contributed by atoms with van der Waals surface area (Å²) in [5.74, 6) is -0.670. The molecule has 0 saturated carbocycles. The number of fused-ring (bicyclic) bond motifs is 1. The molecule has 0 saturated heterocycles. The molecule has 2 aromatic rings. The Labute approximate surface area is 136 Å². The monoisotopic (exact) mass is 311 g/mol. The molecule has 1 N–H and O–H groups in total. The van der Waals surface area contributed by atoms with Crippen LogP contribution in [0.3, 0.4) is 0 Å². The maximum Gasteiger partial charge on any atom is 0.328 e. The van der Waals surface area contributed by atoms with Gasteiger partial charge in [0.05, 0.1) is 13.5 Å². The Morgan fingerprint density at radius 1 is 1.17 bits per heavy atom. The standard InChI is InChI=1S/C19H21NO3/c1-13(2)10-17(19(22)23-3)20-18(21)12-14-8-9-15-6-4-5-7-16(15)11-14/h4-9,11,17H,1,10,12H2,2-3H3,(H,20,21)/t17-/m0/s1. The second kappa shape index (κ2) is 7.58. The van der Waals surface area contributed by atoms with Crippen molar-refractivity contribution in [2.24, 2.45) is 0 Å². The van der Waals surface area contributed by atoms with Crippen LogP contribution in [0.1, 0.15) is 18.9 Å². The molecule has 1 amide bonds. The molecule has 0 aliphatic rings. The molecule has 2 rings (SSSR count). The van der Waals surface area contributed by atoms with Crippen molar-refractivity contribution in [1.29, 1.82) is 0 Å². The van der Waals surface area contributed by atoms with E-state index in [0.29, 0.717) is 6.42 Å². The SMILES string of the molecule is C=C(C)C[C@H](NC(=O)Cc1ccc2ccccc2c1)C(=O)OC. The van der Waals surface area contributed by atoms with Crippen molar-refractivity contribution in [2.75, 3.05) is 7.11 Å². The summed E-state index contributed by atoms with van der Waals surface area (Å²) in [6.45, 7) is 5.59. The summed E-state index contributed by atoms with van der Waals surface area (Å²) in [6, 6.07) is 13.2. The number of nitrogens with one attached hydrogen (secondary N) is 1. The van der Waals surface area contributed by atoms with Gasteiger partial charge in [-0.15, -0.1) is 6.58 Å². The van der Waals surface area contributed by atoms with Gasteiger partial charge in [0, 0.05) is 0 Å². The largest absolute Gasteiger partial charge is 0.467 e. The normalized spacial score (nSPS) is 11.7. The summed E-state index contributed by atoms with van der Waals surface area (Å²) in [5, 5.41) is 4.94. The average Bonchev–Trinajstić information content (AvgIpc) is 2.52. The average molecular weight is 311 g/mol. The van der Waals surface area contributed by atoms with E-state index in [4.69, 9.17) is 4.74 Å². The van der Waals surface area contributed by atoms with Crippen LogP contribution >= 0.6 is 0 Å². The molecule has 0 bridgehead atoms. The van der Waals surface area contributed by atoms with E-state index in [2.05, 4.69) is 11.9 Å². The molecule has 0 aliphatic heterocycles. The minimum absolute atomic E-state index is 0.211. The number of methoxy groups -OCH3 is 1. The fourth-order valence-electron chi connectivity index (χ4n) is 2.46. The van der Waals surface area contributed by atoms with E-state index >= 15 is 0 Å². The lowest BCUT2D eigenvalue weighted by molar-refractivity contribution is -0.145. The van der Waals surface area contributed by atoms with Crippen molar-refractivity contribution < 1.29 is 14.3 Å². The lowest BCUT2D eigenvalue weighted by Crippen LogP contribution is -2.42. The number of hydrogen-bond acceptors (Lipinski definition) is 3. The highest BCUT2D eigenvalue weighted by atomic mass is 16.5. The fraction of sp³-hybridized carbons (Fsp3) is 0.263. The van der Waals surface area contributed by atoms with Crippen LogP contribution in [0.5, 0.6) is 0 Å². The third kappa shape index (κ3) is 4.68. The van der Waals surface area contributed by atoms with Crippen LogP contribution in [-0.2, 0) is 20.7 Å². The molecule has 0 aromatic heterocycles. The van der Waals surface area contributed by atoms with Gasteiger partial charge in [0.15, 0.2) is 0 Å². The van der Waals surface area contributed by atoms with Crippen molar-refractivity contribution in [2.45, 2.75) is 25.8 Å². The van der Waals surface area contributed by atoms with Crippen LogP contribution in [0.2, 0.25) is 0 Å². The quantitative estimate of drug-likeness (QED) is 0.659. The maximum absolute atomic E-state index is 12.2. The van der Waals surface area contributed by atoms with Gasteiger partial charge in [0.2, 0.25) is 5.91 Å². The minimum Gasteiger partial charge on any atom is -0.467 e. The second-order valence-electron chi connectivity index (χ2n) is 5.66. The molecule has 0 spiro atoms. The van der Waals surface area contributed by atoms with Crippen LogP contribution in [-0.4, -0.2) is 25.0 Å². The van der Waals surface area contributed by atoms with Crippen LogP contribution in [0.4, 0.5) is 0 Å². The lowest BCUT2D eigenvalue weighted by Gasteiger charge is -2.16.